The minimum absolute atomic E-state index is 0.0112. The second kappa shape index (κ2) is 8.29. The molecule has 7 nitrogen and oxygen atoms in total. The first-order valence-electron chi connectivity index (χ1n) is 9.14. The number of piperidine rings is 1. The number of hydrogen-bond donors (Lipinski definition) is 3. The largest absolute Gasteiger partial charge is 0.354 e. The Hall–Kier alpha value is -2.15. The van der Waals surface area contributed by atoms with E-state index in [1.165, 1.54) is 18.4 Å². The van der Waals surface area contributed by atoms with E-state index in [4.69, 9.17) is 0 Å². The molecular weight excluding hydrogens is 316 g/mol. The van der Waals surface area contributed by atoms with E-state index in [1.807, 2.05) is 26.1 Å². The fourth-order valence-electron chi connectivity index (χ4n) is 3.43. The third kappa shape index (κ3) is 4.69. The molecule has 1 amide bonds. The number of aromatic amines is 1. The number of rotatable bonds is 7. The van der Waals surface area contributed by atoms with Crippen LogP contribution in [0.2, 0.25) is 0 Å². The van der Waals surface area contributed by atoms with Crippen molar-refractivity contribution < 1.29 is 4.79 Å². The van der Waals surface area contributed by atoms with Gasteiger partial charge in [-0.3, -0.25) is 14.6 Å². The molecule has 0 saturated carbocycles. The average Bonchev–Trinajstić information content (AvgIpc) is 3.20. The van der Waals surface area contributed by atoms with Gasteiger partial charge < -0.3 is 10.6 Å². The number of hydrogen-bond acceptors (Lipinski definition) is 4. The summed E-state index contributed by atoms with van der Waals surface area (Å²) in [6, 6.07) is 2.04. The Kier molecular flexibility index (Phi) is 5.86. The summed E-state index contributed by atoms with van der Waals surface area (Å²) in [5, 5.41) is 18.1. The lowest BCUT2D eigenvalue weighted by Crippen LogP contribution is -2.30. The number of nitrogens with zero attached hydrogens (tertiary/aromatic N) is 3. The predicted octanol–water partition coefficient (Wildman–Crippen LogP) is 1.44. The Labute approximate surface area is 148 Å². The Bertz CT molecular complexity index is 679. The summed E-state index contributed by atoms with van der Waals surface area (Å²) in [5.74, 6) is 0.483. The molecular formula is C18H28N6O. The van der Waals surface area contributed by atoms with Crippen molar-refractivity contribution in [3.05, 3.63) is 34.9 Å². The van der Waals surface area contributed by atoms with E-state index in [1.54, 1.807) is 4.68 Å². The van der Waals surface area contributed by atoms with E-state index in [-0.39, 0.29) is 12.5 Å². The van der Waals surface area contributed by atoms with Crippen molar-refractivity contribution in [3.63, 3.8) is 0 Å². The highest BCUT2D eigenvalue weighted by Crippen LogP contribution is 2.21. The monoisotopic (exact) mass is 344 g/mol. The lowest BCUT2D eigenvalue weighted by Gasteiger charge is -2.20. The van der Waals surface area contributed by atoms with Crippen LogP contribution in [0.25, 0.3) is 0 Å². The van der Waals surface area contributed by atoms with Crippen LogP contribution in [0.15, 0.2) is 12.3 Å². The van der Waals surface area contributed by atoms with Crippen LogP contribution < -0.4 is 10.6 Å². The van der Waals surface area contributed by atoms with Gasteiger partial charge in [0.2, 0.25) is 5.91 Å². The van der Waals surface area contributed by atoms with E-state index in [0.717, 1.165) is 43.0 Å². The molecule has 1 atom stereocenters. The quantitative estimate of drug-likeness (QED) is 0.663. The molecule has 0 bridgehead atoms. The van der Waals surface area contributed by atoms with E-state index in [0.29, 0.717) is 12.5 Å². The molecule has 1 aliphatic rings. The minimum Gasteiger partial charge on any atom is -0.354 e. The van der Waals surface area contributed by atoms with Crippen LogP contribution in [-0.4, -0.2) is 45.5 Å². The van der Waals surface area contributed by atoms with Crippen molar-refractivity contribution in [2.24, 2.45) is 0 Å². The van der Waals surface area contributed by atoms with E-state index in [2.05, 4.69) is 25.9 Å². The summed E-state index contributed by atoms with van der Waals surface area (Å²) in [5.41, 5.74) is 4.51. The molecule has 0 radical (unpaired) electrons. The molecule has 25 heavy (non-hydrogen) atoms. The van der Waals surface area contributed by atoms with Crippen LogP contribution >= 0.6 is 0 Å². The highest BCUT2D eigenvalue weighted by molar-refractivity contribution is 5.75. The second-order valence-corrected chi connectivity index (χ2v) is 6.85. The summed E-state index contributed by atoms with van der Waals surface area (Å²) in [4.78, 5) is 12.1. The van der Waals surface area contributed by atoms with Gasteiger partial charge in [-0.2, -0.15) is 10.2 Å². The first-order chi connectivity index (χ1) is 12.1. The van der Waals surface area contributed by atoms with E-state index in [9.17, 15) is 4.79 Å². The fraction of sp³-hybridized carbons (Fsp3) is 0.611. The normalized spacial score (nSPS) is 17.6. The molecule has 3 N–H and O–H groups in total. The standard InChI is InChI=1S/C18H28N6O/c1-13-16(14(2)22-21-13)6-4-9-20-18(25)12-24-10-7-17(23-24)15-5-3-8-19-11-15/h7,10,15,19H,3-6,8-9,11-12H2,1-2H3,(H,20,25)(H,21,22)/t15-/m0/s1. The predicted molar refractivity (Wildman–Crippen MR) is 96.5 cm³/mol. The molecule has 3 heterocycles. The zero-order valence-electron chi connectivity index (χ0n) is 15.1. The number of aromatic nitrogens is 4. The third-order valence-electron chi connectivity index (χ3n) is 4.89. The van der Waals surface area contributed by atoms with Gasteiger partial charge in [0, 0.05) is 30.9 Å². The number of carbonyl (C=O) groups excluding carboxylic acids is 1. The van der Waals surface area contributed by atoms with Crippen molar-refractivity contribution in [2.75, 3.05) is 19.6 Å². The molecule has 1 fully saturated rings. The Morgan fingerprint density at radius 1 is 1.44 bits per heavy atom. The van der Waals surface area contributed by atoms with Gasteiger partial charge in [-0.05, 0) is 57.7 Å². The molecule has 0 aromatic carbocycles. The van der Waals surface area contributed by atoms with Gasteiger partial charge in [-0.1, -0.05) is 0 Å². The van der Waals surface area contributed by atoms with Crippen molar-refractivity contribution in [1.82, 2.24) is 30.6 Å². The maximum absolute atomic E-state index is 12.1. The number of amides is 1. The summed E-state index contributed by atoms with van der Waals surface area (Å²) in [6.07, 6.45) is 6.10. The summed E-state index contributed by atoms with van der Waals surface area (Å²) >= 11 is 0. The molecule has 0 aliphatic carbocycles. The minimum atomic E-state index is 0.0112. The molecule has 7 heteroatoms. The van der Waals surface area contributed by atoms with Gasteiger partial charge in [0.15, 0.2) is 0 Å². The number of carbonyl (C=O) groups is 1. The summed E-state index contributed by atoms with van der Waals surface area (Å²) in [6.45, 7) is 7.07. The van der Waals surface area contributed by atoms with Crippen molar-refractivity contribution >= 4 is 5.91 Å². The van der Waals surface area contributed by atoms with Crippen molar-refractivity contribution in [3.8, 4) is 0 Å². The lowest BCUT2D eigenvalue weighted by molar-refractivity contribution is -0.121. The second-order valence-electron chi connectivity index (χ2n) is 6.85. The van der Waals surface area contributed by atoms with Crippen LogP contribution in [-0.2, 0) is 17.8 Å². The smallest absolute Gasteiger partial charge is 0.241 e. The Balaban J connectivity index is 1.40. The fourth-order valence-corrected chi connectivity index (χ4v) is 3.43. The molecule has 1 aliphatic heterocycles. The topological polar surface area (TPSA) is 87.6 Å². The van der Waals surface area contributed by atoms with Gasteiger partial charge in [-0.15, -0.1) is 0 Å². The number of H-pyrrole nitrogens is 1. The SMILES string of the molecule is Cc1n[nH]c(C)c1CCCNC(=O)Cn1ccc([C@H]2CCCNC2)n1. The van der Waals surface area contributed by atoms with Crippen LogP contribution in [0.3, 0.4) is 0 Å². The van der Waals surface area contributed by atoms with Gasteiger partial charge >= 0.3 is 0 Å². The average molecular weight is 344 g/mol. The van der Waals surface area contributed by atoms with Crippen molar-refractivity contribution in [2.45, 2.75) is 52.0 Å². The van der Waals surface area contributed by atoms with Gasteiger partial charge in [0.05, 0.1) is 11.4 Å². The van der Waals surface area contributed by atoms with Gasteiger partial charge in [0.1, 0.15) is 6.54 Å². The van der Waals surface area contributed by atoms with Gasteiger partial charge in [0.25, 0.3) is 0 Å². The van der Waals surface area contributed by atoms with Crippen LogP contribution in [0.4, 0.5) is 0 Å². The molecule has 0 spiro atoms. The zero-order valence-corrected chi connectivity index (χ0v) is 15.1. The van der Waals surface area contributed by atoms with Crippen LogP contribution in [0.5, 0.6) is 0 Å². The number of aryl methyl sites for hydroxylation is 2. The highest BCUT2D eigenvalue weighted by Gasteiger charge is 2.17. The molecule has 2 aromatic heterocycles. The Morgan fingerprint density at radius 3 is 3.04 bits per heavy atom. The number of nitrogens with one attached hydrogen (secondary N) is 3. The highest BCUT2D eigenvalue weighted by atomic mass is 16.2. The van der Waals surface area contributed by atoms with E-state index < -0.39 is 0 Å². The maximum Gasteiger partial charge on any atom is 0.241 e. The van der Waals surface area contributed by atoms with E-state index >= 15 is 0 Å². The van der Waals surface area contributed by atoms with Crippen LogP contribution in [0, 0.1) is 13.8 Å². The molecule has 2 aromatic rings. The first-order valence-corrected chi connectivity index (χ1v) is 9.14. The zero-order chi connectivity index (χ0) is 17.6. The molecule has 136 valence electrons. The third-order valence-corrected chi connectivity index (χ3v) is 4.89. The molecule has 3 rings (SSSR count). The van der Waals surface area contributed by atoms with Crippen LogP contribution in [0.1, 0.15) is 47.8 Å². The Morgan fingerprint density at radius 2 is 2.32 bits per heavy atom. The maximum atomic E-state index is 12.1. The first kappa shape index (κ1) is 17.7. The van der Waals surface area contributed by atoms with Gasteiger partial charge in [-0.25, -0.2) is 0 Å². The summed E-state index contributed by atoms with van der Waals surface area (Å²) in [7, 11) is 0. The molecule has 0 unspecified atom stereocenters. The summed E-state index contributed by atoms with van der Waals surface area (Å²) < 4.78 is 1.74. The molecule has 1 saturated heterocycles. The van der Waals surface area contributed by atoms with Crippen molar-refractivity contribution in [1.29, 1.82) is 0 Å². The lowest BCUT2D eigenvalue weighted by atomic mass is 9.97.